The summed E-state index contributed by atoms with van der Waals surface area (Å²) in [6, 6.07) is 5.14. The van der Waals surface area contributed by atoms with Gasteiger partial charge in [-0.2, -0.15) is 0 Å². The van der Waals surface area contributed by atoms with E-state index in [1.54, 1.807) is 6.07 Å². The van der Waals surface area contributed by atoms with E-state index in [1.807, 2.05) is 12.1 Å². The van der Waals surface area contributed by atoms with Gasteiger partial charge in [0.1, 0.15) is 5.75 Å². The summed E-state index contributed by atoms with van der Waals surface area (Å²) in [5.41, 5.74) is 1.67. The van der Waals surface area contributed by atoms with Crippen molar-refractivity contribution >= 4 is 5.91 Å². The molecule has 0 radical (unpaired) electrons. The van der Waals surface area contributed by atoms with Crippen LogP contribution >= 0.6 is 0 Å². The second-order valence-electron chi connectivity index (χ2n) is 4.96. The Hall–Kier alpha value is -1.59. The number of aliphatic hydroxyl groups excluding tert-OH is 1. The standard InChI is InChI=1S/C14H17NO4/c16-12-8-18-7-11(12)15-14(17)10-3-4-13-9(6-10)2-1-5-19-13/h3-4,6,11-12,16H,1-2,5,7-8H2,(H,15,17)/t11-,12-/m0/s1. The highest BCUT2D eigenvalue weighted by Crippen LogP contribution is 2.25. The van der Waals surface area contributed by atoms with Crippen LogP contribution in [0.4, 0.5) is 0 Å². The summed E-state index contributed by atoms with van der Waals surface area (Å²) in [7, 11) is 0. The Kier molecular flexibility index (Phi) is 3.40. The molecule has 1 fully saturated rings. The van der Waals surface area contributed by atoms with Crippen molar-refractivity contribution < 1.29 is 19.4 Å². The number of aliphatic hydroxyl groups is 1. The molecule has 2 aliphatic rings. The van der Waals surface area contributed by atoms with Crippen LogP contribution in [0.1, 0.15) is 22.3 Å². The summed E-state index contributed by atoms with van der Waals surface area (Å²) in [5.74, 6) is 0.690. The lowest BCUT2D eigenvalue weighted by Gasteiger charge is -2.19. The highest BCUT2D eigenvalue weighted by atomic mass is 16.5. The number of ether oxygens (including phenoxy) is 2. The van der Waals surface area contributed by atoms with Crippen LogP contribution in [0.2, 0.25) is 0 Å². The topological polar surface area (TPSA) is 67.8 Å². The predicted octanol–water partition coefficient (Wildman–Crippen LogP) is 0.501. The number of nitrogens with one attached hydrogen (secondary N) is 1. The van der Waals surface area contributed by atoms with E-state index >= 15 is 0 Å². The predicted molar refractivity (Wildman–Crippen MR) is 68.3 cm³/mol. The van der Waals surface area contributed by atoms with Crippen LogP contribution in [0.3, 0.4) is 0 Å². The van der Waals surface area contributed by atoms with Crippen LogP contribution in [0.25, 0.3) is 0 Å². The largest absolute Gasteiger partial charge is 0.493 e. The van der Waals surface area contributed by atoms with Crippen LogP contribution in [0.15, 0.2) is 18.2 Å². The molecule has 1 amide bonds. The lowest BCUT2D eigenvalue weighted by Crippen LogP contribution is -2.42. The minimum Gasteiger partial charge on any atom is -0.493 e. The van der Waals surface area contributed by atoms with Gasteiger partial charge in [-0.05, 0) is 36.6 Å². The molecule has 3 rings (SSSR count). The van der Waals surface area contributed by atoms with E-state index < -0.39 is 6.10 Å². The van der Waals surface area contributed by atoms with Gasteiger partial charge in [-0.25, -0.2) is 0 Å². The van der Waals surface area contributed by atoms with Gasteiger partial charge in [0.15, 0.2) is 0 Å². The maximum absolute atomic E-state index is 12.1. The van der Waals surface area contributed by atoms with Gasteiger partial charge in [-0.3, -0.25) is 4.79 Å². The van der Waals surface area contributed by atoms with Gasteiger partial charge < -0.3 is 19.9 Å². The number of hydrogen-bond donors (Lipinski definition) is 2. The van der Waals surface area contributed by atoms with Gasteiger partial charge in [0, 0.05) is 5.56 Å². The number of rotatable bonds is 2. The highest BCUT2D eigenvalue weighted by Gasteiger charge is 2.28. The van der Waals surface area contributed by atoms with Gasteiger partial charge in [-0.1, -0.05) is 0 Å². The third kappa shape index (κ3) is 2.57. The molecular formula is C14H17NO4. The molecule has 0 aromatic heterocycles. The fourth-order valence-electron chi connectivity index (χ4n) is 2.43. The molecule has 19 heavy (non-hydrogen) atoms. The van der Waals surface area contributed by atoms with Crippen molar-refractivity contribution in [3.63, 3.8) is 0 Å². The van der Waals surface area contributed by atoms with Crippen molar-refractivity contribution in [3.8, 4) is 5.75 Å². The third-order valence-electron chi connectivity index (χ3n) is 3.54. The summed E-state index contributed by atoms with van der Waals surface area (Å²) in [5, 5.41) is 12.4. The van der Waals surface area contributed by atoms with Crippen molar-refractivity contribution in [2.45, 2.75) is 25.0 Å². The van der Waals surface area contributed by atoms with Crippen LogP contribution in [0, 0.1) is 0 Å². The van der Waals surface area contributed by atoms with Crippen LogP contribution in [-0.4, -0.2) is 43.0 Å². The molecule has 1 aromatic rings. The Balaban J connectivity index is 1.72. The molecule has 1 aromatic carbocycles. The molecule has 2 N–H and O–H groups in total. The molecule has 0 saturated carbocycles. The van der Waals surface area contributed by atoms with Gasteiger partial charge in [-0.15, -0.1) is 0 Å². The normalized spacial score (nSPS) is 25.5. The number of fused-ring (bicyclic) bond motifs is 1. The lowest BCUT2D eigenvalue weighted by molar-refractivity contribution is 0.0886. The SMILES string of the molecule is O=C(N[C@H]1COC[C@@H]1O)c1ccc2c(c1)CCCO2. The monoisotopic (exact) mass is 263 g/mol. The van der Waals surface area contributed by atoms with E-state index in [1.165, 1.54) is 0 Å². The first kappa shape index (κ1) is 12.4. The molecule has 0 aliphatic carbocycles. The molecule has 2 aliphatic heterocycles. The molecule has 1 saturated heterocycles. The summed E-state index contributed by atoms with van der Waals surface area (Å²) in [6.45, 7) is 1.38. The number of hydrogen-bond acceptors (Lipinski definition) is 4. The maximum atomic E-state index is 12.1. The Bertz CT molecular complexity index is 488. The van der Waals surface area contributed by atoms with E-state index in [-0.39, 0.29) is 18.6 Å². The molecule has 0 spiro atoms. The number of aryl methyl sites for hydroxylation is 1. The van der Waals surface area contributed by atoms with E-state index in [0.29, 0.717) is 12.2 Å². The lowest BCUT2D eigenvalue weighted by atomic mass is 10.0. The quantitative estimate of drug-likeness (QED) is 0.815. The molecule has 2 atom stereocenters. The summed E-state index contributed by atoms with van der Waals surface area (Å²) < 4.78 is 10.6. The minimum atomic E-state index is -0.620. The fourth-order valence-corrected chi connectivity index (χ4v) is 2.43. The number of benzene rings is 1. The van der Waals surface area contributed by atoms with E-state index in [9.17, 15) is 9.90 Å². The van der Waals surface area contributed by atoms with Crippen molar-refractivity contribution in [3.05, 3.63) is 29.3 Å². The number of amides is 1. The summed E-state index contributed by atoms with van der Waals surface area (Å²) in [6.07, 6.45) is 1.30. The Morgan fingerprint density at radius 3 is 3.05 bits per heavy atom. The zero-order valence-corrected chi connectivity index (χ0v) is 10.6. The van der Waals surface area contributed by atoms with Crippen LogP contribution < -0.4 is 10.1 Å². The second kappa shape index (κ2) is 5.19. The maximum Gasteiger partial charge on any atom is 0.251 e. The summed E-state index contributed by atoms with van der Waals surface area (Å²) in [4.78, 5) is 12.1. The average Bonchev–Trinajstić information content (AvgIpc) is 2.84. The Morgan fingerprint density at radius 1 is 1.37 bits per heavy atom. The number of carbonyl (C=O) groups excluding carboxylic acids is 1. The molecular weight excluding hydrogens is 246 g/mol. The smallest absolute Gasteiger partial charge is 0.251 e. The first-order valence-electron chi connectivity index (χ1n) is 6.56. The molecule has 5 heteroatoms. The van der Waals surface area contributed by atoms with Gasteiger partial charge in [0.2, 0.25) is 0 Å². The van der Waals surface area contributed by atoms with Crippen molar-refractivity contribution in [1.29, 1.82) is 0 Å². The van der Waals surface area contributed by atoms with E-state index in [2.05, 4.69) is 5.32 Å². The van der Waals surface area contributed by atoms with Crippen LogP contribution in [0.5, 0.6) is 5.75 Å². The Labute approximate surface area is 111 Å². The summed E-state index contributed by atoms with van der Waals surface area (Å²) >= 11 is 0. The molecule has 2 heterocycles. The molecule has 102 valence electrons. The zero-order valence-electron chi connectivity index (χ0n) is 10.6. The second-order valence-corrected chi connectivity index (χ2v) is 4.96. The van der Waals surface area contributed by atoms with Gasteiger partial charge >= 0.3 is 0 Å². The third-order valence-corrected chi connectivity index (χ3v) is 3.54. The first-order chi connectivity index (χ1) is 9.24. The van der Waals surface area contributed by atoms with Crippen molar-refractivity contribution in [1.82, 2.24) is 5.32 Å². The minimum absolute atomic E-state index is 0.178. The van der Waals surface area contributed by atoms with Crippen LogP contribution in [-0.2, 0) is 11.2 Å². The highest BCUT2D eigenvalue weighted by molar-refractivity contribution is 5.94. The van der Waals surface area contributed by atoms with Gasteiger partial charge in [0.05, 0.1) is 32.0 Å². The molecule has 0 bridgehead atoms. The van der Waals surface area contributed by atoms with E-state index in [4.69, 9.17) is 9.47 Å². The van der Waals surface area contributed by atoms with Crippen molar-refractivity contribution in [2.75, 3.05) is 19.8 Å². The molecule has 5 nitrogen and oxygen atoms in total. The zero-order chi connectivity index (χ0) is 13.2. The van der Waals surface area contributed by atoms with Gasteiger partial charge in [0.25, 0.3) is 5.91 Å². The average molecular weight is 263 g/mol. The fraction of sp³-hybridized carbons (Fsp3) is 0.500. The van der Waals surface area contributed by atoms with Crippen molar-refractivity contribution in [2.24, 2.45) is 0 Å². The van der Waals surface area contributed by atoms with E-state index in [0.717, 1.165) is 30.8 Å². The first-order valence-corrected chi connectivity index (χ1v) is 6.56. The Morgan fingerprint density at radius 2 is 2.26 bits per heavy atom. The number of carbonyl (C=O) groups is 1. The molecule has 0 unspecified atom stereocenters.